The summed E-state index contributed by atoms with van der Waals surface area (Å²) in [4.78, 5) is 10.8. The number of hydrogen-bond donors (Lipinski definition) is 2. The molecule has 0 unspecified atom stereocenters. The van der Waals surface area contributed by atoms with Crippen molar-refractivity contribution in [1.82, 2.24) is 5.48 Å². The molecule has 1 rings (SSSR count). The summed E-state index contributed by atoms with van der Waals surface area (Å²) in [5.41, 5.74) is 3.03. The molecule has 0 radical (unpaired) electrons. The first-order chi connectivity index (χ1) is 8.15. The summed E-state index contributed by atoms with van der Waals surface area (Å²) in [6, 6.07) is 6.98. The molecule has 0 spiro atoms. The number of carbonyl (C=O) groups excluding carboxylic acids is 1. The zero-order chi connectivity index (χ0) is 13.1. The van der Waals surface area contributed by atoms with Crippen LogP contribution in [0.4, 0.5) is 0 Å². The molecule has 0 aliphatic rings. The Morgan fingerprint density at radius 3 is 2.53 bits per heavy atom. The summed E-state index contributed by atoms with van der Waals surface area (Å²) < 4.78 is 0. The minimum Gasteiger partial charge on any atom is -0.288 e. The van der Waals surface area contributed by atoms with Crippen LogP contribution in [-0.4, -0.2) is 17.0 Å². The van der Waals surface area contributed by atoms with Gasteiger partial charge in [0.15, 0.2) is 0 Å². The molecular formula is C13H20ClNO2. The molecule has 4 heteroatoms. The van der Waals surface area contributed by atoms with E-state index in [0.717, 1.165) is 11.4 Å². The van der Waals surface area contributed by atoms with Crippen LogP contribution in [0.15, 0.2) is 24.3 Å². The van der Waals surface area contributed by atoms with Gasteiger partial charge >= 0.3 is 0 Å². The quantitative estimate of drug-likeness (QED) is 0.375. The van der Waals surface area contributed by atoms with Crippen LogP contribution >= 0.6 is 11.6 Å². The van der Waals surface area contributed by atoms with Gasteiger partial charge < -0.3 is 0 Å². The average Bonchev–Trinajstić information content (AvgIpc) is 2.36. The Bertz CT molecular complexity index is 325. The first kappa shape index (κ1) is 15.9. The Morgan fingerprint density at radius 1 is 1.41 bits per heavy atom. The topological polar surface area (TPSA) is 49.3 Å². The fraction of sp³-hybridized carbons (Fsp3) is 0.462. The van der Waals surface area contributed by atoms with Crippen molar-refractivity contribution in [2.45, 2.75) is 33.1 Å². The smallest absolute Gasteiger partial charge is 0.274 e. The zero-order valence-corrected chi connectivity index (χ0v) is 11.1. The van der Waals surface area contributed by atoms with Gasteiger partial charge in [-0.25, -0.2) is 5.48 Å². The number of hydrogen-bond acceptors (Lipinski definition) is 2. The van der Waals surface area contributed by atoms with Crippen LogP contribution in [0.5, 0.6) is 0 Å². The van der Waals surface area contributed by atoms with E-state index in [4.69, 9.17) is 16.8 Å². The number of benzene rings is 1. The molecule has 0 aromatic heterocycles. The Kier molecular flexibility index (Phi) is 9.49. The minimum atomic E-state index is -0.478. The second kappa shape index (κ2) is 10.1. The van der Waals surface area contributed by atoms with Crippen LogP contribution in [0.3, 0.4) is 0 Å². The van der Waals surface area contributed by atoms with Crippen molar-refractivity contribution >= 4 is 17.5 Å². The second-order valence-corrected chi connectivity index (χ2v) is 4.08. The Hall–Kier alpha value is -1.06. The van der Waals surface area contributed by atoms with Gasteiger partial charge in [0.25, 0.3) is 5.91 Å². The summed E-state index contributed by atoms with van der Waals surface area (Å²) in [6.45, 7) is 4.06. The fourth-order valence-corrected chi connectivity index (χ4v) is 1.38. The van der Waals surface area contributed by atoms with Gasteiger partial charge in [-0.05, 0) is 25.5 Å². The third kappa shape index (κ3) is 7.77. The van der Waals surface area contributed by atoms with Crippen molar-refractivity contribution < 1.29 is 10.0 Å². The fourth-order valence-electron chi connectivity index (χ4n) is 1.20. The second-order valence-electron chi connectivity index (χ2n) is 3.71. The number of carbonyl (C=O) groups is 1. The first-order valence-electron chi connectivity index (χ1n) is 5.72. The normalized spacial score (nSPS) is 9.18. The maximum absolute atomic E-state index is 10.8. The van der Waals surface area contributed by atoms with Crippen LogP contribution < -0.4 is 5.48 Å². The highest BCUT2D eigenvalue weighted by Crippen LogP contribution is 2.02. The van der Waals surface area contributed by atoms with Crippen molar-refractivity contribution in [3.05, 3.63) is 35.4 Å². The van der Waals surface area contributed by atoms with E-state index in [1.807, 2.05) is 13.0 Å². The van der Waals surface area contributed by atoms with Gasteiger partial charge in [-0.2, -0.15) is 0 Å². The van der Waals surface area contributed by atoms with Crippen LogP contribution in [0, 0.1) is 6.92 Å². The summed E-state index contributed by atoms with van der Waals surface area (Å²) in [5, 5.41) is 8.28. The average molecular weight is 258 g/mol. The molecule has 0 saturated carbocycles. The number of unbranched alkanes of at least 4 members (excludes halogenated alkanes) is 2. The maximum Gasteiger partial charge on any atom is 0.274 e. The summed E-state index contributed by atoms with van der Waals surface area (Å²) in [6.07, 6.45) is 3.73. The highest BCUT2D eigenvalue weighted by atomic mass is 35.5. The van der Waals surface area contributed by atoms with Crippen molar-refractivity contribution in [1.29, 1.82) is 0 Å². The lowest BCUT2D eigenvalue weighted by Gasteiger charge is -1.98. The molecule has 3 nitrogen and oxygen atoms in total. The molecule has 0 aliphatic heterocycles. The largest absolute Gasteiger partial charge is 0.288 e. The first-order valence-corrected chi connectivity index (χ1v) is 6.26. The van der Waals surface area contributed by atoms with Crippen LogP contribution in [-0.2, 0) is 0 Å². The van der Waals surface area contributed by atoms with E-state index in [1.54, 1.807) is 23.7 Å². The molecule has 1 aromatic carbocycles. The molecule has 96 valence electrons. The van der Waals surface area contributed by atoms with E-state index in [0.29, 0.717) is 5.56 Å². The van der Waals surface area contributed by atoms with E-state index >= 15 is 0 Å². The van der Waals surface area contributed by atoms with Gasteiger partial charge in [0.1, 0.15) is 0 Å². The highest BCUT2D eigenvalue weighted by Gasteiger charge is 2.01. The van der Waals surface area contributed by atoms with Crippen molar-refractivity contribution in [2.75, 3.05) is 5.88 Å². The summed E-state index contributed by atoms with van der Waals surface area (Å²) in [7, 11) is 0. The number of aryl methyl sites for hydroxylation is 1. The summed E-state index contributed by atoms with van der Waals surface area (Å²) in [5.74, 6) is 0.349. The van der Waals surface area contributed by atoms with E-state index in [-0.39, 0.29) is 0 Å². The zero-order valence-electron chi connectivity index (χ0n) is 10.4. The van der Waals surface area contributed by atoms with E-state index in [2.05, 4.69) is 6.92 Å². The van der Waals surface area contributed by atoms with Crippen molar-refractivity contribution in [2.24, 2.45) is 0 Å². The van der Waals surface area contributed by atoms with Gasteiger partial charge in [0, 0.05) is 11.4 Å². The molecule has 0 heterocycles. The molecule has 0 bridgehead atoms. The van der Waals surface area contributed by atoms with Crippen molar-refractivity contribution in [3.8, 4) is 0 Å². The van der Waals surface area contributed by atoms with E-state index in [1.165, 1.54) is 19.3 Å². The van der Waals surface area contributed by atoms with Gasteiger partial charge in [0.2, 0.25) is 0 Å². The Morgan fingerprint density at radius 2 is 2.12 bits per heavy atom. The molecule has 2 N–H and O–H groups in total. The lowest BCUT2D eigenvalue weighted by atomic mass is 10.1. The molecular weight excluding hydrogens is 238 g/mol. The molecule has 0 aliphatic carbocycles. The molecule has 0 atom stereocenters. The van der Waals surface area contributed by atoms with E-state index < -0.39 is 5.91 Å². The standard InChI is InChI=1S/C8H9NO2.C5H11Cl/c1-6-3-2-4-7(5-6)8(10)9-11;1-2-3-4-5-6/h2-5,11H,1H3,(H,9,10);2-5H2,1H3. The Balaban J connectivity index is 0.000000366. The van der Waals surface area contributed by atoms with Crippen LogP contribution in [0.2, 0.25) is 0 Å². The van der Waals surface area contributed by atoms with Crippen LogP contribution in [0.25, 0.3) is 0 Å². The van der Waals surface area contributed by atoms with Gasteiger partial charge in [0.05, 0.1) is 0 Å². The summed E-state index contributed by atoms with van der Waals surface area (Å²) >= 11 is 5.38. The molecule has 1 amide bonds. The van der Waals surface area contributed by atoms with Crippen molar-refractivity contribution in [3.63, 3.8) is 0 Å². The molecule has 1 aromatic rings. The van der Waals surface area contributed by atoms with Crippen LogP contribution in [0.1, 0.15) is 42.1 Å². The predicted octanol–water partition coefficient (Wildman–Crippen LogP) is 3.53. The van der Waals surface area contributed by atoms with Gasteiger partial charge in [-0.3, -0.25) is 10.0 Å². The Labute approximate surface area is 108 Å². The number of hydroxylamine groups is 1. The number of nitrogens with one attached hydrogen (secondary N) is 1. The minimum absolute atomic E-state index is 0.465. The molecule has 17 heavy (non-hydrogen) atoms. The highest BCUT2D eigenvalue weighted by molar-refractivity contribution is 6.17. The molecule has 0 fully saturated rings. The number of amides is 1. The molecule has 0 saturated heterocycles. The third-order valence-electron chi connectivity index (χ3n) is 2.12. The lowest BCUT2D eigenvalue weighted by Crippen LogP contribution is -2.18. The number of rotatable bonds is 4. The lowest BCUT2D eigenvalue weighted by molar-refractivity contribution is 0.0706. The number of halogens is 1. The monoisotopic (exact) mass is 257 g/mol. The van der Waals surface area contributed by atoms with Gasteiger partial charge in [-0.15, -0.1) is 11.6 Å². The third-order valence-corrected chi connectivity index (χ3v) is 2.39. The van der Waals surface area contributed by atoms with E-state index in [9.17, 15) is 4.79 Å². The number of alkyl halides is 1. The predicted molar refractivity (Wildman–Crippen MR) is 70.7 cm³/mol. The SMILES string of the molecule is CCCCCCl.Cc1cccc(C(=O)NO)c1. The van der Waals surface area contributed by atoms with Gasteiger partial charge in [-0.1, -0.05) is 37.5 Å². The maximum atomic E-state index is 10.8.